The molecule has 0 heterocycles. The molecule has 0 aliphatic rings. The molecule has 1 aromatic rings. The molecular weight excluding hydrogens is 242 g/mol. The molecule has 1 unspecified atom stereocenters. The predicted molar refractivity (Wildman–Crippen MR) is 80.3 cm³/mol. The number of ether oxygens (including phenoxy) is 1. The summed E-state index contributed by atoms with van der Waals surface area (Å²) in [5, 5.41) is 3.26. The number of rotatable bonds is 6. The molecule has 0 amide bonds. The van der Waals surface area contributed by atoms with E-state index in [-0.39, 0.29) is 5.60 Å². The summed E-state index contributed by atoms with van der Waals surface area (Å²) < 4.78 is 5.72. The van der Waals surface area contributed by atoms with Crippen LogP contribution >= 0.6 is 11.8 Å². The van der Waals surface area contributed by atoms with Crippen molar-refractivity contribution in [3.63, 3.8) is 0 Å². The molecule has 2 nitrogen and oxygen atoms in total. The van der Waals surface area contributed by atoms with Gasteiger partial charge in [0.25, 0.3) is 0 Å². The summed E-state index contributed by atoms with van der Waals surface area (Å²) in [6.07, 6.45) is 0. The van der Waals surface area contributed by atoms with E-state index in [0.29, 0.717) is 6.04 Å². The second kappa shape index (κ2) is 7.17. The van der Waals surface area contributed by atoms with Crippen LogP contribution in [-0.4, -0.2) is 25.0 Å². The number of benzene rings is 1. The number of thioether (sulfide) groups is 1. The first-order chi connectivity index (χ1) is 8.42. The Labute approximate surface area is 116 Å². The van der Waals surface area contributed by atoms with Crippen molar-refractivity contribution in [2.45, 2.75) is 44.2 Å². The molecule has 1 atom stereocenters. The molecule has 18 heavy (non-hydrogen) atoms. The molecule has 0 fully saturated rings. The van der Waals surface area contributed by atoms with Crippen LogP contribution in [0.2, 0.25) is 0 Å². The van der Waals surface area contributed by atoms with E-state index in [1.807, 2.05) is 18.8 Å². The fourth-order valence-electron chi connectivity index (χ4n) is 1.55. The largest absolute Gasteiger partial charge is 0.375 e. The summed E-state index contributed by atoms with van der Waals surface area (Å²) in [5.74, 6) is 0.995. The summed E-state index contributed by atoms with van der Waals surface area (Å²) >= 11 is 1.85. The third-order valence-electron chi connectivity index (χ3n) is 2.68. The first-order valence-corrected chi connectivity index (χ1v) is 7.45. The van der Waals surface area contributed by atoms with Crippen LogP contribution in [0, 0.1) is 0 Å². The Morgan fingerprint density at radius 1 is 1.33 bits per heavy atom. The van der Waals surface area contributed by atoms with E-state index in [2.05, 4.69) is 57.3 Å². The van der Waals surface area contributed by atoms with Gasteiger partial charge >= 0.3 is 0 Å². The Hall–Kier alpha value is -0.510. The second-order valence-electron chi connectivity index (χ2n) is 5.39. The minimum atomic E-state index is -0.0386. The highest BCUT2D eigenvalue weighted by atomic mass is 32.2. The lowest BCUT2D eigenvalue weighted by molar-refractivity contribution is 0.00695. The summed E-state index contributed by atoms with van der Waals surface area (Å²) in [6.45, 7) is 9.24. The van der Waals surface area contributed by atoms with Crippen LogP contribution in [0.3, 0.4) is 0 Å². The topological polar surface area (TPSA) is 21.3 Å². The Balaban J connectivity index is 2.43. The number of hydrogen-bond donors (Lipinski definition) is 1. The van der Waals surface area contributed by atoms with Crippen LogP contribution < -0.4 is 5.32 Å². The van der Waals surface area contributed by atoms with Gasteiger partial charge in [-0.25, -0.2) is 0 Å². The zero-order valence-corrected chi connectivity index (χ0v) is 12.9. The molecule has 0 radical (unpaired) electrons. The first-order valence-electron chi connectivity index (χ1n) is 6.46. The van der Waals surface area contributed by atoms with E-state index in [1.165, 1.54) is 10.5 Å². The van der Waals surface area contributed by atoms with Crippen LogP contribution in [0.4, 0.5) is 0 Å². The highest BCUT2D eigenvalue weighted by Crippen LogP contribution is 2.22. The van der Waals surface area contributed by atoms with Gasteiger partial charge in [0, 0.05) is 16.7 Å². The lowest BCUT2D eigenvalue weighted by Crippen LogP contribution is -2.20. The SMILES string of the molecule is CNC(C)c1cccc(SCCOC(C)(C)C)c1. The van der Waals surface area contributed by atoms with Gasteiger partial charge in [-0.15, -0.1) is 11.8 Å². The predicted octanol–water partition coefficient (Wildman–Crippen LogP) is 3.87. The van der Waals surface area contributed by atoms with Gasteiger partial charge in [0.05, 0.1) is 12.2 Å². The number of hydrogen-bond acceptors (Lipinski definition) is 3. The van der Waals surface area contributed by atoms with Gasteiger partial charge < -0.3 is 10.1 Å². The lowest BCUT2D eigenvalue weighted by atomic mass is 10.1. The van der Waals surface area contributed by atoms with Gasteiger partial charge in [-0.3, -0.25) is 0 Å². The molecule has 0 spiro atoms. The molecule has 1 rings (SSSR count). The van der Waals surface area contributed by atoms with Gasteiger partial charge in [0.1, 0.15) is 0 Å². The minimum absolute atomic E-state index is 0.0386. The smallest absolute Gasteiger partial charge is 0.0598 e. The monoisotopic (exact) mass is 267 g/mol. The highest BCUT2D eigenvalue weighted by molar-refractivity contribution is 7.99. The molecule has 0 saturated heterocycles. The Bertz CT molecular complexity index is 360. The van der Waals surface area contributed by atoms with Crippen molar-refractivity contribution >= 4 is 11.8 Å². The van der Waals surface area contributed by atoms with Crippen molar-refractivity contribution in [2.24, 2.45) is 0 Å². The van der Waals surface area contributed by atoms with Crippen LogP contribution in [0.25, 0.3) is 0 Å². The first kappa shape index (κ1) is 15.5. The third kappa shape index (κ3) is 5.89. The summed E-state index contributed by atoms with van der Waals surface area (Å²) in [7, 11) is 1.99. The molecule has 0 saturated carbocycles. The molecule has 0 aliphatic carbocycles. The van der Waals surface area contributed by atoms with Gasteiger partial charge in [-0.2, -0.15) is 0 Å². The van der Waals surface area contributed by atoms with E-state index < -0.39 is 0 Å². The van der Waals surface area contributed by atoms with Crippen molar-refractivity contribution in [2.75, 3.05) is 19.4 Å². The maximum atomic E-state index is 5.72. The van der Waals surface area contributed by atoms with Gasteiger partial charge in [-0.1, -0.05) is 12.1 Å². The van der Waals surface area contributed by atoms with Crippen molar-refractivity contribution in [1.29, 1.82) is 0 Å². The normalized spacial score (nSPS) is 13.6. The van der Waals surface area contributed by atoms with E-state index in [0.717, 1.165) is 12.4 Å². The summed E-state index contributed by atoms with van der Waals surface area (Å²) in [5.41, 5.74) is 1.29. The quantitative estimate of drug-likeness (QED) is 0.624. The fraction of sp³-hybridized carbons (Fsp3) is 0.600. The third-order valence-corrected chi connectivity index (χ3v) is 3.64. The Morgan fingerprint density at radius 2 is 2.06 bits per heavy atom. The molecule has 0 bridgehead atoms. The molecule has 102 valence electrons. The average molecular weight is 267 g/mol. The van der Waals surface area contributed by atoms with Gasteiger partial charge in [0.15, 0.2) is 0 Å². The van der Waals surface area contributed by atoms with Gasteiger partial charge in [0.2, 0.25) is 0 Å². The fourth-order valence-corrected chi connectivity index (χ4v) is 2.34. The summed E-state index contributed by atoms with van der Waals surface area (Å²) in [4.78, 5) is 1.31. The second-order valence-corrected chi connectivity index (χ2v) is 6.56. The standard InChI is InChI=1S/C15H25NOS/c1-12(16-5)13-7-6-8-14(11-13)18-10-9-17-15(2,3)4/h6-8,11-12,16H,9-10H2,1-5H3. The molecule has 1 N–H and O–H groups in total. The molecular formula is C15H25NOS. The van der Waals surface area contributed by atoms with E-state index in [9.17, 15) is 0 Å². The molecule has 1 aromatic carbocycles. The van der Waals surface area contributed by atoms with E-state index >= 15 is 0 Å². The highest BCUT2D eigenvalue weighted by Gasteiger charge is 2.09. The van der Waals surface area contributed by atoms with Crippen LogP contribution in [0.1, 0.15) is 39.3 Å². The van der Waals surface area contributed by atoms with Crippen molar-refractivity contribution < 1.29 is 4.74 Å². The zero-order valence-electron chi connectivity index (χ0n) is 12.1. The van der Waals surface area contributed by atoms with Crippen LogP contribution in [0.15, 0.2) is 29.2 Å². The maximum Gasteiger partial charge on any atom is 0.0598 e. The van der Waals surface area contributed by atoms with E-state index in [1.54, 1.807) is 0 Å². The molecule has 0 aliphatic heterocycles. The lowest BCUT2D eigenvalue weighted by Gasteiger charge is -2.19. The minimum Gasteiger partial charge on any atom is -0.375 e. The van der Waals surface area contributed by atoms with Crippen molar-refractivity contribution in [3.8, 4) is 0 Å². The molecule has 0 aromatic heterocycles. The van der Waals surface area contributed by atoms with Crippen molar-refractivity contribution in [3.05, 3.63) is 29.8 Å². The molecule has 3 heteroatoms. The van der Waals surface area contributed by atoms with Crippen LogP contribution in [-0.2, 0) is 4.74 Å². The summed E-state index contributed by atoms with van der Waals surface area (Å²) in [6, 6.07) is 9.10. The zero-order chi connectivity index (χ0) is 13.6. The van der Waals surface area contributed by atoms with Crippen LogP contribution in [0.5, 0.6) is 0 Å². The average Bonchev–Trinajstić information content (AvgIpc) is 2.33. The Kier molecular flexibility index (Phi) is 6.19. The maximum absolute atomic E-state index is 5.72. The van der Waals surface area contributed by atoms with Gasteiger partial charge in [-0.05, 0) is 52.4 Å². The Morgan fingerprint density at radius 3 is 2.67 bits per heavy atom. The van der Waals surface area contributed by atoms with E-state index in [4.69, 9.17) is 4.74 Å². The number of nitrogens with one attached hydrogen (secondary N) is 1. The van der Waals surface area contributed by atoms with Crippen molar-refractivity contribution in [1.82, 2.24) is 5.32 Å².